The molecule has 2 aromatic carbocycles. The fourth-order valence-corrected chi connectivity index (χ4v) is 3.77. The molecule has 0 bridgehead atoms. The third kappa shape index (κ3) is 4.64. The maximum atomic E-state index is 12.5. The van der Waals surface area contributed by atoms with Crippen molar-refractivity contribution in [3.8, 4) is 11.5 Å². The van der Waals surface area contributed by atoms with Crippen LogP contribution in [0.15, 0.2) is 53.5 Å². The third-order valence-electron chi connectivity index (χ3n) is 4.18. The highest BCUT2D eigenvalue weighted by molar-refractivity contribution is 8.15. The van der Waals surface area contributed by atoms with Crippen molar-refractivity contribution in [3.05, 3.63) is 48.5 Å². The lowest BCUT2D eigenvalue weighted by molar-refractivity contribution is -0.127. The van der Waals surface area contributed by atoms with Gasteiger partial charge >= 0.3 is 0 Å². The molecule has 1 N–H and O–H groups in total. The number of ether oxygens (including phenoxy) is 2. The van der Waals surface area contributed by atoms with Gasteiger partial charge in [0.05, 0.1) is 19.9 Å². The van der Waals surface area contributed by atoms with Gasteiger partial charge in [-0.1, -0.05) is 11.8 Å². The van der Waals surface area contributed by atoms with Crippen LogP contribution in [0.5, 0.6) is 11.5 Å². The lowest BCUT2D eigenvalue weighted by Crippen LogP contribution is -2.30. The summed E-state index contributed by atoms with van der Waals surface area (Å²) in [6.07, 6.45) is 0.0709. The fraction of sp³-hybridized carbons (Fsp3) is 0.250. The molecule has 0 saturated carbocycles. The van der Waals surface area contributed by atoms with Crippen molar-refractivity contribution in [2.24, 2.45) is 4.99 Å². The van der Waals surface area contributed by atoms with Crippen molar-refractivity contribution in [1.29, 1.82) is 0 Å². The van der Waals surface area contributed by atoms with E-state index in [-0.39, 0.29) is 18.2 Å². The number of methoxy groups -OCH3 is 2. The second-order valence-electron chi connectivity index (χ2n) is 6.08. The summed E-state index contributed by atoms with van der Waals surface area (Å²) in [6, 6.07) is 14.3. The first-order valence-electron chi connectivity index (χ1n) is 8.61. The van der Waals surface area contributed by atoms with Gasteiger partial charge in [0.2, 0.25) is 11.8 Å². The van der Waals surface area contributed by atoms with Crippen molar-refractivity contribution in [3.63, 3.8) is 0 Å². The average molecular weight is 399 g/mol. The molecule has 2 amide bonds. The average Bonchev–Trinajstić information content (AvgIpc) is 2.97. The number of amides is 2. The number of aliphatic imine (C=N–C) groups is 1. The lowest BCUT2D eigenvalue weighted by Gasteiger charge is -2.09. The summed E-state index contributed by atoms with van der Waals surface area (Å²) < 4.78 is 10.2. The molecule has 28 heavy (non-hydrogen) atoms. The Morgan fingerprint density at radius 1 is 1.07 bits per heavy atom. The summed E-state index contributed by atoms with van der Waals surface area (Å²) in [7, 11) is 4.85. The molecule has 3 rings (SSSR count). The van der Waals surface area contributed by atoms with Gasteiger partial charge in [-0.05, 0) is 48.5 Å². The van der Waals surface area contributed by atoms with Gasteiger partial charge in [0, 0.05) is 19.2 Å². The van der Waals surface area contributed by atoms with Gasteiger partial charge in [0.1, 0.15) is 16.7 Å². The van der Waals surface area contributed by atoms with Crippen molar-refractivity contribution in [1.82, 2.24) is 4.90 Å². The summed E-state index contributed by atoms with van der Waals surface area (Å²) in [4.78, 5) is 30.8. The maximum absolute atomic E-state index is 12.5. The van der Waals surface area contributed by atoms with E-state index in [1.165, 1.54) is 16.7 Å². The number of benzene rings is 2. The highest BCUT2D eigenvalue weighted by Crippen LogP contribution is 2.31. The highest BCUT2D eigenvalue weighted by Gasteiger charge is 2.37. The Bertz CT molecular complexity index is 881. The van der Waals surface area contributed by atoms with Crippen LogP contribution in [-0.2, 0) is 9.59 Å². The molecule has 0 spiro atoms. The van der Waals surface area contributed by atoms with Gasteiger partial charge in [0.15, 0.2) is 5.17 Å². The van der Waals surface area contributed by atoms with E-state index >= 15 is 0 Å². The maximum Gasteiger partial charge on any atom is 0.242 e. The molecular weight excluding hydrogens is 378 g/mol. The van der Waals surface area contributed by atoms with Crippen LogP contribution in [0.2, 0.25) is 0 Å². The Morgan fingerprint density at radius 2 is 1.64 bits per heavy atom. The zero-order chi connectivity index (χ0) is 20.1. The molecule has 146 valence electrons. The molecule has 0 radical (unpaired) electrons. The number of anilines is 1. The molecule has 1 aliphatic rings. The van der Waals surface area contributed by atoms with Gasteiger partial charge < -0.3 is 14.8 Å². The Hall–Kier alpha value is -3.00. The highest BCUT2D eigenvalue weighted by atomic mass is 32.2. The normalized spacial score (nSPS) is 17.7. The van der Waals surface area contributed by atoms with E-state index in [4.69, 9.17) is 9.47 Å². The fourth-order valence-electron chi connectivity index (χ4n) is 2.62. The van der Waals surface area contributed by atoms with E-state index in [2.05, 4.69) is 10.3 Å². The third-order valence-corrected chi connectivity index (χ3v) is 5.41. The smallest absolute Gasteiger partial charge is 0.242 e. The first-order chi connectivity index (χ1) is 13.5. The Balaban J connectivity index is 1.63. The van der Waals surface area contributed by atoms with Crippen LogP contribution < -0.4 is 14.8 Å². The summed E-state index contributed by atoms with van der Waals surface area (Å²) >= 11 is 1.29. The largest absolute Gasteiger partial charge is 0.497 e. The minimum atomic E-state index is -0.500. The Labute approximate surface area is 167 Å². The number of amidine groups is 1. The SMILES string of the molecule is COc1ccc(N=C2S[C@H](CC(=O)Nc3ccc(OC)cc3)C(=O)N2C)cc1. The second kappa shape index (κ2) is 8.79. The molecule has 1 aliphatic heterocycles. The van der Waals surface area contributed by atoms with E-state index < -0.39 is 5.25 Å². The quantitative estimate of drug-likeness (QED) is 0.806. The van der Waals surface area contributed by atoms with E-state index in [1.807, 2.05) is 12.1 Å². The zero-order valence-electron chi connectivity index (χ0n) is 15.8. The minimum absolute atomic E-state index is 0.0709. The van der Waals surface area contributed by atoms with Gasteiger partial charge in [-0.3, -0.25) is 14.5 Å². The van der Waals surface area contributed by atoms with Crippen LogP contribution in [0.1, 0.15) is 6.42 Å². The summed E-state index contributed by atoms with van der Waals surface area (Å²) in [5.74, 6) is 1.08. The number of nitrogens with one attached hydrogen (secondary N) is 1. The number of rotatable bonds is 6. The van der Waals surface area contributed by atoms with E-state index in [0.717, 1.165) is 5.75 Å². The molecule has 0 aromatic heterocycles. The minimum Gasteiger partial charge on any atom is -0.497 e. The van der Waals surface area contributed by atoms with Crippen molar-refractivity contribution in [2.75, 3.05) is 26.6 Å². The topological polar surface area (TPSA) is 80.2 Å². The van der Waals surface area contributed by atoms with Gasteiger partial charge in [-0.2, -0.15) is 0 Å². The van der Waals surface area contributed by atoms with Gasteiger partial charge in [0.25, 0.3) is 0 Å². The van der Waals surface area contributed by atoms with Crippen molar-refractivity contribution >= 4 is 40.1 Å². The number of hydrogen-bond acceptors (Lipinski definition) is 6. The first kappa shape index (κ1) is 19.8. The molecule has 1 heterocycles. The predicted octanol–water partition coefficient (Wildman–Crippen LogP) is 3.29. The van der Waals surface area contributed by atoms with Gasteiger partial charge in [-0.25, -0.2) is 4.99 Å². The number of carbonyl (C=O) groups excluding carboxylic acids is 2. The van der Waals surface area contributed by atoms with E-state index in [9.17, 15) is 9.59 Å². The summed E-state index contributed by atoms with van der Waals surface area (Å²) in [5, 5.41) is 2.87. The molecule has 8 heteroatoms. The van der Waals surface area contributed by atoms with E-state index in [1.54, 1.807) is 57.7 Å². The molecular formula is C20H21N3O4S. The molecule has 1 saturated heterocycles. The predicted molar refractivity (Wildman–Crippen MR) is 110 cm³/mol. The monoisotopic (exact) mass is 399 g/mol. The van der Waals surface area contributed by atoms with Gasteiger partial charge in [-0.15, -0.1) is 0 Å². The van der Waals surface area contributed by atoms with Crippen molar-refractivity contribution < 1.29 is 19.1 Å². The van der Waals surface area contributed by atoms with E-state index in [0.29, 0.717) is 22.3 Å². The number of hydrogen-bond donors (Lipinski definition) is 1. The number of nitrogens with zero attached hydrogens (tertiary/aromatic N) is 2. The lowest BCUT2D eigenvalue weighted by atomic mass is 10.2. The van der Waals surface area contributed by atoms with Crippen LogP contribution >= 0.6 is 11.8 Å². The van der Waals surface area contributed by atoms with Crippen LogP contribution in [0.25, 0.3) is 0 Å². The Kier molecular flexibility index (Phi) is 6.20. The van der Waals surface area contributed by atoms with Crippen molar-refractivity contribution in [2.45, 2.75) is 11.7 Å². The second-order valence-corrected chi connectivity index (χ2v) is 7.25. The van der Waals surface area contributed by atoms with Crippen LogP contribution in [0, 0.1) is 0 Å². The van der Waals surface area contributed by atoms with Crippen LogP contribution in [0.3, 0.4) is 0 Å². The summed E-state index contributed by atoms with van der Waals surface area (Å²) in [5.41, 5.74) is 1.37. The van der Waals surface area contributed by atoms with Crippen LogP contribution in [-0.4, -0.2) is 48.4 Å². The molecule has 7 nitrogen and oxygen atoms in total. The van der Waals surface area contributed by atoms with Crippen LogP contribution in [0.4, 0.5) is 11.4 Å². The number of thioether (sulfide) groups is 1. The first-order valence-corrected chi connectivity index (χ1v) is 9.49. The zero-order valence-corrected chi connectivity index (χ0v) is 16.7. The standard InChI is InChI=1S/C20H21N3O4S/c1-23-19(25)17(12-18(24)21-13-4-8-15(26-2)9-5-13)28-20(23)22-14-6-10-16(27-3)11-7-14/h4-11,17H,12H2,1-3H3,(H,21,24)/t17-/m1/s1. The summed E-state index contributed by atoms with van der Waals surface area (Å²) in [6.45, 7) is 0. The molecule has 0 unspecified atom stereocenters. The molecule has 2 aromatic rings. The molecule has 1 atom stereocenters. The molecule has 1 fully saturated rings. The Morgan fingerprint density at radius 3 is 2.21 bits per heavy atom. The molecule has 0 aliphatic carbocycles. The number of carbonyl (C=O) groups is 2.